The molecule has 1 rings (SSSR count). The van der Waals surface area contributed by atoms with Gasteiger partial charge >= 0.3 is 0 Å². The number of benzene rings is 1. The Morgan fingerprint density at radius 3 is 2.83 bits per heavy atom. The van der Waals surface area contributed by atoms with E-state index in [1.54, 1.807) is 0 Å². The van der Waals surface area contributed by atoms with Crippen LogP contribution in [-0.2, 0) is 16.1 Å². The first-order valence-corrected chi connectivity index (χ1v) is 5.87. The highest BCUT2D eigenvalue weighted by atomic mass is 35.5. The van der Waals surface area contributed by atoms with Gasteiger partial charge in [-0.25, -0.2) is 0 Å². The summed E-state index contributed by atoms with van der Waals surface area (Å²) in [5, 5.41) is 5.88. The lowest BCUT2D eigenvalue weighted by Gasteiger charge is -2.07. The minimum Gasteiger partial charge on any atom is -0.372 e. The summed E-state index contributed by atoms with van der Waals surface area (Å²) in [7, 11) is 1.89. The number of hydrogen-bond acceptors (Lipinski definition) is 3. The molecule has 0 atom stereocenters. The van der Waals surface area contributed by atoms with Crippen LogP contribution in [0.1, 0.15) is 18.9 Å². The summed E-state index contributed by atoms with van der Waals surface area (Å²) >= 11 is 0. The third-order valence-corrected chi connectivity index (χ3v) is 2.17. The molecule has 0 saturated carbocycles. The van der Waals surface area contributed by atoms with E-state index in [1.165, 1.54) is 0 Å². The van der Waals surface area contributed by atoms with Gasteiger partial charge in [-0.3, -0.25) is 4.79 Å². The van der Waals surface area contributed by atoms with E-state index >= 15 is 0 Å². The SMILES string of the molecule is CCCOCC(=O)Nc1cccc(CNC)c1.Cl. The molecule has 0 radical (unpaired) electrons. The van der Waals surface area contributed by atoms with Crippen LogP contribution in [0.15, 0.2) is 24.3 Å². The van der Waals surface area contributed by atoms with Crippen molar-refractivity contribution in [3.8, 4) is 0 Å². The number of ether oxygens (including phenoxy) is 1. The molecule has 0 saturated heterocycles. The Bertz CT molecular complexity index is 359. The molecule has 0 spiro atoms. The van der Waals surface area contributed by atoms with E-state index in [1.807, 2.05) is 38.2 Å². The predicted molar refractivity (Wildman–Crippen MR) is 76.2 cm³/mol. The van der Waals surface area contributed by atoms with Crippen molar-refractivity contribution in [3.63, 3.8) is 0 Å². The van der Waals surface area contributed by atoms with Crippen LogP contribution in [0.2, 0.25) is 0 Å². The van der Waals surface area contributed by atoms with Crippen LogP contribution in [0.25, 0.3) is 0 Å². The molecule has 0 unspecified atom stereocenters. The van der Waals surface area contributed by atoms with Gasteiger partial charge in [-0.05, 0) is 31.2 Å². The Balaban J connectivity index is 0.00000289. The highest BCUT2D eigenvalue weighted by Gasteiger charge is 2.02. The average molecular weight is 273 g/mol. The summed E-state index contributed by atoms with van der Waals surface area (Å²) in [5.74, 6) is -0.111. The number of halogens is 1. The topological polar surface area (TPSA) is 50.4 Å². The lowest BCUT2D eigenvalue weighted by molar-refractivity contribution is -0.120. The summed E-state index contributed by atoms with van der Waals surface area (Å²) < 4.78 is 5.17. The van der Waals surface area contributed by atoms with Crippen molar-refractivity contribution >= 4 is 24.0 Å². The summed E-state index contributed by atoms with van der Waals surface area (Å²) in [6.07, 6.45) is 0.922. The van der Waals surface area contributed by atoms with Crippen molar-refractivity contribution in [1.29, 1.82) is 0 Å². The molecule has 0 aliphatic carbocycles. The molecule has 1 amide bonds. The Labute approximate surface area is 115 Å². The van der Waals surface area contributed by atoms with Gasteiger partial charge in [0, 0.05) is 18.8 Å². The standard InChI is InChI=1S/C13H20N2O2.ClH/c1-3-7-17-10-13(16)15-12-6-4-5-11(8-12)9-14-2;/h4-6,8,14H,3,7,9-10H2,1-2H3,(H,15,16);1H. The Morgan fingerprint density at radius 1 is 1.39 bits per heavy atom. The fourth-order valence-corrected chi connectivity index (χ4v) is 1.47. The van der Waals surface area contributed by atoms with Crippen molar-refractivity contribution in [3.05, 3.63) is 29.8 Å². The van der Waals surface area contributed by atoms with E-state index in [0.717, 1.165) is 24.2 Å². The van der Waals surface area contributed by atoms with E-state index in [0.29, 0.717) is 6.61 Å². The van der Waals surface area contributed by atoms with Crippen LogP contribution >= 0.6 is 12.4 Å². The highest BCUT2D eigenvalue weighted by molar-refractivity contribution is 5.91. The van der Waals surface area contributed by atoms with Crippen molar-refractivity contribution in [2.24, 2.45) is 0 Å². The molecular formula is C13H21ClN2O2. The summed E-state index contributed by atoms with van der Waals surface area (Å²) in [6.45, 7) is 3.53. The number of carbonyl (C=O) groups is 1. The molecule has 0 heterocycles. The van der Waals surface area contributed by atoms with E-state index < -0.39 is 0 Å². The number of anilines is 1. The minimum absolute atomic E-state index is 0. The van der Waals surface area contributed by atoms with Crippen LogP contribution in [0.5, 0.6) is 0 Å². The van der Waals surface area contributed by atoms with Gasteiger partial charge in [0.25, 0.3) is 0 Å². The molecule has 102 valence electrons. The van der Waals surface area contributed by atoms with E-state index in [4.69, 9.17) is 4.74 Å². The van der Waals surface area contributed by atoms with Gasteiger partial charge in [0.05, 0.1) is 0 Å². The average Bonchev–Trinajstić information content (AvgIpc) is 2.30. The molecule has 0 aliphatic heterocycles. The molecule has 2 N–H and O–H groups in total. The Morgan fingerprint density at radius 2 is 2.17 bits per heavy atom. The van der Waals surface area contributed by atoms with Crippen LogP contribution in [0, 0.1) is 0 Å². The van der Waals surface area contributed by atoms with Crippen molar-refractivity contribution in [2.45, 2.75) is 19.9 Å². The largest absolute Gasteiger partial charge is 0.372 e. The molecule has 0 aromatic heterocycles. The van der Waals surface area contributed by atoms with Gasteiger partial charge in [-0.1, -0.05) is 19.1 Å². The Kier molecular flexibility index (Phi) is 9.28. The summed E-state index contributed by atoms with van der Waals surface area (Å²) in [4.78, 5) is 11.5. The zero-order valence-corrected chi connectivity index (χ0v) is 11.7. The van der Waals surface area contributed by atoms with Crippen LogP contribution in [0.4, 0.5) is 5.69 Å². The molecule has 0 fully saturated rings. The molecule has 4 nitrogen and oxygen atoms in total. The van der Waals surface area contributed by atoms with E-state index in [9.17, 15) is 4.79 Å². The number of carbonyl (C=O) groups excluding carboxylic acids is 1. The van der Waals surface area contributed by atoms with Gasteiger partial charge in [0.15, 0.2) is 0 Å². The fraction of sp³-hybridized carbons (Fsp3) is 0.462. The first-order valence-electron chi connectivity index (χ1n) is 5.87. The van der Waals surface area contributed by atoms with Gasteiger partial charge in [0.1, 0.15) is 6.61 Å². The third kappa shape index (κ3) is 6.59. The quantitative estimate of drug-likeness (QED) is 0.748. The monoisotopic (exact) mass is 272 g/mol. The Hall–Kier alpha value is -1.10. The lowest BCUT2D eigenvalue weighted by atomic mass is 10.2. The molecule has 1 aromatic carbocycles. The fourth-order valence-electron chi connectivity index (χ4n) is 1.47. The number of hydrogen-bond donors (Lipinski definition) is 2. The molecular weight excluding hydrogens is 252 g/mol. The molecule has 18 heavy (non-hydrogen) atoms. The van der Waals surface area contributed by atoms with Crippen molar-refractivity contribution < 1.29 is 9.53 Å². The molecule has 1 aromatic rings. The third-order valence-electron chi connectivity index (χ3n) is 2.17. The van der Waals surface area contributed by atoms with Gasteiger partial charge in [-0.15, -0.1) is 12.4 Å². The number of amides is 1. The minimum atomic E-state index is -0.111. The molecule has 0 aliphatic rings. The van der Waals surface area contributed by atoms with Crippen LogP contribution in [-0.4, -0.2) is 26.2 Å². The molecule has 5 heteroatoms. The first-order chi connectivity index (χ1) is 8.26. The van der Waals surface area contributed by atoms with Crippen molar-refractivity contribution in [2.75, 3.05) is 25.6 Å². The maximum absolute atomic E-state index is 11.5. The zero-order chi connectivity index (χ0) is 12.5. The normalized spacial score (nSPS) is 9.67. The smallest absolute Gasteiger partial charge is 0.250 e. The van der Waals surface area contributed by atoms with Crippen molar-refractivity contribution in [1.82, 2.24) is 5.32 Å². The summed E-state index contributed by atoms with van der Waals surface area (Å²) in [5.41, 5.74) is 1.95. The molecule has 0 bridgehead atoms. The second-order valence-corrected chi connectivity index (χ2v) is 3.83. The predicted octanol–water partition coefficient (Wildman–Crippen LogP) is 2.19. The zero-order valence-electron chi connectivity index (χ0n) is 10.9. The van der Waals surface area contributed by atoms with Gasteiger partial charge < -0.3 is 15.4 Å². The number of rotatable bonds is 7. The van der Waals surface area contributed by atoms with E-state index in [2.05, 4.69) is 10.6 Å². The maximum Gasteiger partial charge on any atom is 0.250 e. The van der Waals surface area contributed by atoms with Gasteiger partial charge in [-0.2, -0.15) is 0 Å². The second-order valence-electron chi connectivity index (χ2n) is 3.83. The number of nitrogens with one attached hydrogen (secondary N) is 2. The van der Waals surface area contributed by atoms with Gasteiger partial charge in [0.2, 0.25) is 5.91 Å². The second kappa shape index (κ2) is 9.88. The highest BCUT2D eigenvalue weighted by Crippen LogP contribution is 2.10. The van der Waals surface area contributed by atoms with Crippen LogP contribution < -0.4 is 10.6 Å². The lowest BCUT2D eigenvalue weighted by Crippen LogP contribution is -2.18. The maximum atomic E-state index is 11.5. The summed E-state index contributed by atoms with van der Waals surface area (Å²) in [6, 6.07) is 7.76. The van der Waals surface area contributed by atoms with Crippen LogP contribution in [0.3, 0.4) is 0 Å². The first kappa shape index (κ1) is 16.9. The van der Waals surface area contributed by atoms with E-state index in [-0.39, 0.29) is 24.9 Å².